The van der Waals surface area contributed by atoms with Crippen LogP contribution in [0.1, 0.15) is 58.8 Å². The Morgan fingerprint density at radius 1 is 1.29 bits per heavy atom. The van der Waals surface area contributed by atoms with Crippen LogP contribution in [0.15, 0.2) is 0 Å². The Hall–Kier alpha value is -0.540. The third-order valence-corrected chi connectivity index (χ3v) is 5.10. The molecule has 1 atom stereocenters. The minimum Gasteiger partial charge on any atom is -0.312 e. The SMILES string of the molecule is CCc1nn(C)c(CC(C)(CNC(C)(C)C)C2CC2)c1Cl. The molecule has 3 nitrogen and oxygen atoms in total. The van der Waals surface area contributed by atoms with E-state index in [1.807, 2.05) is 11.7 Å². The molecular formula is C17H30ClN3. The molecule has 1 aliphatic carbocycles. The van der Waals surface area contributed by atoms with Crippen LogP contribution in [0.2, 0.25) is 5.02 Å². The van der Waals surface area contributed by atoms with Gasteiger partial charge in [-0.05, 0) is 57.8 Å². The van der Waals surface area contributed by atoms with Crippen molar-refractivity contribution in [3.05, 3.63) is 16.4 Å². The van der Waals surface area contributed by atoms with Crippen molar-refractivity contribution in [2.75, 3.05) is 6.54 Å². The monoisotopic (exact) mass is 311 g/mol. The number of hydrogen-bond donors (Lipinski definition) is 1. The summed E-state index contributed by atoms with van der Waals surface area (Å²) in [7, 11) is 2.02. The summed E-state index contributed by atoms with van der Waals surface area (Å²) in [6.07, 6.45) is 4.59. The largest absolute Gasteiger partial charge is 0.312 e. The zero-order chi connectivity index (χ0) is 15.8. The molecule has 120 valence electrons. The molecule has 1 fully saturated rings. The van der Waals surface area contributed by atoms with Gasteiger partial charge in [-0.3, -0.25) is 4.68 Å². The Morgan fingerprint density at radius 2 is 1.90 bits per heavy atom. The Balaban J connectivity index is 2.18. The topological polar surface area (TPSA) is 29.9 Å². The third-order valence-electron chi connectivity index (χ3n) is 4.66. The number of aryl methyl sites for hydroxylation is 2. The molecule has 0 spiro atoms. The first-order chi connectivity index (χ1) is 9.66. The van der Waals surface area contributed by atoms with Crippen molar-refractivity contribution in [1.29, 1.82) is 0 Å². The van der Waals surface area contributed by atoms with Gasteiger partial charge in [0.05, 0.1) is 16.4 Å². The molecule has 0 amide bonds. The minimum absolute atomic E-state index is 0.154. The molecule has 1 aromatic heterocycles. The molecule has 0 saturated heterocycles. The molecule has 1 N–H and O–H groups in total. The van der Waals surface area contributed by atoms with Gasteiger partial charge in [0.1, 0.15) is 0 Å². The summed E-state index contributed by atoms with van der Waals surface area (Å²) in [6.45, 7) is 12.2. The zero-order valence-corrected chi connectivity index (χ0v) is 15.1. The number of hydrogen-bond acceptors (Lipinski definition) is 2. The lowest BCUT2D eigenvalue weighted by atomic mass is 9.79. The first kappa shape index (κ1) is 16.8. The Morgan fingerprint density at radius 3 is 2.33 bits per heavy atom. The van der Waals surface area contributed by atoms with Crippen LogP contribution in [0, 0.1) is 11.3 Å². The lowest BCUT2D eigenvalue weighted by molar-refractivity contribution is 0.223. The number of nitrogens with one attached hydrogen (secondary N) is 1. The molecular weight excluding hydrogens is 282 g/mol. The molecule has 1 heterocycles. The van der Waals surface area contributed by atoms with E-state index in [0.29, 0.717) is 0 Å². The lowest BCUT2D eigenvalue weighted by Gasteiger charge is -2.34. The second-order valence-electron chi connectivity index (χ2n) is 7.89. The zero-order valence-electron chi connectivity index (χ0n) is 14.4. The summed E-state index contributed by atoms with van der Waals surface area (Å²) < 4.78 is 1.99. The highest BCUT2D eigenvalue weighted by molar-refractivity contribution is 6.31. The average Bonchev–Trinajstić information content (AvgIpc) is 3.19. The molecule has 1 saturated carbocycles. The number of nitrogens with zero attached hydrogens (tertiary/aromatic N) is 2. The summed E-state index contributed by atoms with van der Waals surface area (Å²) in [5, 5.41) is 9.13. The number of rotatable bonds is 6. The van der Waals surface area contributed by atoms with E-state index in [0.717, 1.165) is 36.0 Å². The molecule has 21 heavy (non-hydrogen) atoms. The maximum Gasteiger partial charge on any atom is 0.0849 e. The van der Waals surface area contributed by atoms with Gasteiger partial charge in [0, 0.05) is 19.1 Å². The highest BCUT2D eigenvalue weighted by atomic mass is 35.5. The first-order valence-electron chi connectivity index (χ1n) is 8.11. The van der Waals surface area contributed by atoms with Crippen molar-refractivity contribution in [2.45, 2.75) is 65.8 Å². The van der Waals surface area contributed by atoms with E-state index < -0.39 is 0 Å². The predicted octanol–water partition coefficient (Wildman–Crippen LogP) is 3.98. The Labute approximate surface area is 134 Å². The van der Waals surface area contributed by atoms with Gasteiger partial charge in [0.15, 0.2) is 0 Å². The fourth-order valence-corrected chi connectivity index (χ4v) is 3.35. The molecule has 1 unspecified atom stereocenters. The van der Waals surface area contributed by atoms with E-state index in [1.54, 1.807) is 0 Å². The Kier molecular flexibility index (Phi) is 4.75. The third kappa shape index (κ3) is 4.01. The van der Waals surface area contributed by atoms with Crippen LogP contribution in [0.4, 0.5) is 0 Å². The standard InChI is InChI=1S/C17H30ClN3/c1-7-13-15(18)14(21(6)20-13)10-17(5,12-8-9-12)11-19-16(2,3)4/h12,19H,7-11H2,1-6H3. The van der Waals surface area contributed by atoms with E-state index in [1.165, 1.54) is 18.5 Å². The summed E-state index contributed by atoms with van der Waals surface area (Å²) >= 11 is 6.55. The second-order valence-corrected chi connectivity index (χ2v) is 8.27. The summed E-state index contributed by atoms with van der Waals surface area (Å²) in [5.41, 5.74) is 2.63. The normalized spacial score (nSPS) is 18.8. The van der Waals surface area contributed by atoms with Crippen LogP contribution in [0.5, 0.6) is 0 Å². The molecule has 0 aromatic carbocycles. The maximum atomic E-state index is 6.55. The molecule has 1 aliphatic rings. The van der Waals surface area contributed by atoms with Crippen molar-refractivity contribution in [2.24, 2.45) is 18.4 Å². The summed E-state index contributed by atoms with van der Waals surface area (Å²) in [6, 6.07) is 0. The molecule has 1 aromatic rings. The fraction of sp³-hybridized carbons (Fsp3) is 0.824. The van der Waals surface area contributed by atoms with Gasteiger partial charge in [-0.25, -0.2) is 0 Å². The number of aromatic nitrogens is 2. The van der Waals surface area contributed by atoms with Crippen molar-refractivity contribution in [3.8, 4) is 0 Å². The van der Waals surface area contributed by atoms with Gasteiger partial charge in [-0.1, -0.05) is 25.4 Å². The molecule has 0 aliphatic heterocycles. The van der Waals surface area contributed by atoms with Gasteiger partial charge in [-0.15, -0.1) is 0 Å². The molecule has 2 rings (SSSR count). The summed E-state index contributed by atoms with van der Waals surface area (Å²) in [4.78, 5) is 0. The highest BCUT2D eigenvalue weighted by Gasteiger charge is 2.42. The van der Waals surface area contributed by atoms with Crippen LogP contribution in [0.3, 0.4) is 0 Å². The van der Waals surface area contributed by atoms with Crippen molar-refractivity contribution in [3.63, 3.8) is 0 Å². The van der Waals surface area contributed by atoms with E-state index in [9.17, 15) is 0 Å². The van der Waals surface area contributed by atoms with Gasteiger partial charge in [0.2, 0.25) is 0 Å². The molecule has 4 heteroatoms. The van der Waals surface area contributed by atoms with E-state index in [-0.39, 0.29) is 11.0 Å². The van der Waals surface area contributed by atoms with Crippen molar-refractivity contribution < 1.29 is 0 Å². The van der Waals surface area contributed by atoms with Crippen LogP contribution in [-0.2, 0) is 19.9 Å². The lowest BCUT2D eigenvalue weighted by Crippen LogP contribution is -2.44. The van der Waals surface area contributed by atoms with Crippen LogP contribution < -0.4 is 5.32 Å². The first-order valence-corrected chi connectivity index (χ1v) is 8.49. The van der Waals surface area contributed by atoms with E-state index in [4.69, 9.17) is 11.6 Å². The van der Waals surface area contributed by atoms with Crippen molar-refractivity contribution >= 4 is 11.6 Å². The Bertz CT molecular complexity index is 497. The van der Waals surface area contributed by atoms with Crippen LogP contribution in [0.25, 0.3) is 0 Å². The quantitative estimate of drug-likeness (QED) is 0.861. The average molecular weight is 312 g/mol. The van der Waals surface area contributed by atoms with Crippen LogP contribution in [-0.4, -0.2) is 21.9 Å². The second kappa shape index (κ2) is 5.92. The van der Waals surface area contributed by atoms with Crippen molar-refractivity contribution in [1.82, 2.24) is 15.1 Å². The van der Waals surface area contributed by atoms with Gasteiger partial charge >= 0.3 is 0 Å². The fourth-order valence-electron chi connectivity index (χ4n) is 2.99. The van der Waals surface area contributed by atoms with Gasteiger partial charge < -0.3 is 5.32 Å². The molecule has 0 radical (unpaired) electrons. The maximum absolute atomic E-state index is 6.55. The van der Waals surface area contributed by atoms with E-state index >= 15 is 0 Å². The van der Waals surface area contributed by atoms with Gasteiger partial charge in [0.25, 0.3) is 0 Å². The predicted molar refractivity (Wildman–Crippen MR) is 89.9 cm³/mol. The summed E-state index contributed by atoms with van der Waals surface area (Å²) in [5.74, 6) is 0.809. The van der Waals surface area contributed by atoms with E-state index in [2.05, 4.69) is 45.0 Å². The minimum atomic E-state index is 0.154. The molecule has 0 bridgehead atoms. The van der Waals surface area contributed by atoms with Crippen LogP contribution >= 0.6 is 11.6 Å². The van der Waals surface area contributed by atoms with Gasteiger partial charge in [-0.2, -0.15) is 5.10 Å². The smallest absolute Gasteiger partial charge is 0.0849 e. The highest BCUT2D eigenvalue weighted by Crippen LogP contribution is 2.48. The number of halogens is 1.